The van der Waals surface area contributed by atoms with Gasteiger partial charge in [0.05, 0.1) is 0 Å². The Morgan fingerprint density at radius 2 is 2.06 bits per heavy atom. The van der Waals surface area contributed by atoms with E-state index in [1.807, 2.05) is 5.38 Å². The topological polar surface area (TPSA) is 77.8 Å². The van der Waals surface area contributed by atoms with E-state index in [0.717, 1.165) is 18.7 Å². The predicted octanol–water partition coefficient (Wildman–Crippen LogP) is 2.82. The summed E-state index contributed by atoms with van der Waals surface area (Å²) in [6.45, 7) is 0. The lowest BCUT2D eigenvalue weighted by atomic mass is 9.89. The van der Waals surface area contributed by atoms with Crippen LogP contribution in [0, 0.1) is 0 Å². The highest BCUT2D eigenvalue weighted by molar-refractivity contribution is 7.13. The zero-order valence-corrected chi connectivity index (χ0v) is 10.2. The van der Waals surface area contributed by atoms with Gasteiger partial charge in [0.15, 0.2) is 11.0 Å². The van der Waals surface area contributed by atoms with Crippen molar-refractivity contribution in [1.29, 1.82) is 0 Å². The third-order valence-electron chi connectivity index (χ3n) is 3.15. The Morgan fingerprint density at radius 1 is 1.24 bits per heavy atom. The van der Waals surface area contributed by atoms with E-state index in [4.69, 9.17) is 10.3 Å². The molecule has 0 aromatic carbocycles. The summed E-state index contributed by atoms with van der Waals surface area (Å²) in [5.41, 5.74) is 6.27. The molecule has 1 fully saturated rings. The number of hydrogen-bond donors (Lipinski definition) is 1. The third kappa shape index (κ3) is 2.17. The van der Waals surface area contributed by atoms with E-state index in [0.29, 0.717) is 22.6 Å². The molecule has 0 saturated heterocycles. The first kappa shape index (κ1) is 10.7. The Balaban J connectivity index is 1.82. The van der Waals surface area contributed by atoms with Crippen LogP contribution in [0.1, 0.15) is 43.8 Å². The fourth-order valence-corrected chi connectivity index (χ4v) is 2.79. The van der Waals surface area contributed by atoms with Crippen LogP contribution in [0.4, 0.5) is 5.13 Å². The molecule has 0 radical (unpaired) electrons. The molecule has 1 aliphatic rings. The molecule has 90 valence electrons. The first-order valence-electron chi connectivity index (χ1n) is 5.88. The van der Waals surface area contributed by atoms with Gasteiger partial charge < -0.3 is 10.3 Å². The van der Waals surface area contributed by atoms with Crippen LogP contribution >= 0.6 is 11.3 Å². The highest BCUT2D eigenvalue weighted by atomic mass is 32.1. The Bertz CT molecular complexity index is 501. The molecule has 17 heavy (non-hydrogen) atoms. The minimum Gasteiger partial charge on any atom is -0.375 e. The minimum atomic E-state index is 0.456. The highest BCUT2D eigenvalue weighted by Crippen LogP contribution is 2.32. The molecular formula is C11H14N4OS. The van der Waals surface area contributed by atoms with E-state index in [-0.39, 0.29) is 0 Å². The smallest absolute Gasteiger partial charge is 0.277 e. The van der Waals surface area contributed by atoms with E-state index in [1.165, 1.54) is 30.6 Å². The van der Waals surface area contributed by atoms with Gasteiger partial charge >= 0.3 is 0 Å². The van der Waals surface area contributed by atoms with Crippen molar-refractivity contribution in [2.24, 2.45) is 0 Å². The maximum Gasteiger partial charge on any atom is 0.277 e. The summed E-state index contributed by atoms with van der Waals surface area (Å²) in [6.07, 6.45) is 6.18. The first-order chi connectivity index (χ1) is 8.33. The Morgan fingerprint density at radius 3 is 2.76 bits per heavy atom. The average molecular weight is 250 g/mol. The summed E-state index contributed by atoms with van der Waals surface area (Å²) in [4.78, 5) is 8.57. The van der Waals surface area contributed by atoms with Crippen molar-refractivity contribution in [1.82, 2.24) is 15.1 Å². The Hall–Kier alpha value is -1.43. The molecule has 1 aliphatic carbocycles. The lowest BCUT2D eigenvalue weighted by Gasteiger charge is -2.17. The molecule has 0 bridgehead atoms. The Labute approximate surface area is 103 Å². The molecule has 2 N–H and O–H groups in total. The highest BCUT2D eigenvalue weighted by Gasteiger charge is 2.21. The van der Waals surface area contributed by atoms with Crippen molar-refractivity contribution in [2.75, 3.05) is 5.73 Å². The molecule has 2 aromatic rings. The predicted molar refractivity (Wildman–Crippen MR) is 65.6 cm³/mol. The molecule has 6 heteroatoms. The van der Waals surface area contributed by atoms with Gasteiger partial charge in [-0.25, -0.2) is 4.98 Å². The maximum absolute atomic E-state index is 5.58. The van der Waals surface area contributed by atoms with Crippen LogP contribution < -0.4 is 5.73 Å². The van der Waals surface area contributed by atoms with Gasteiger partial charge in [0.1, 0.15) is 5.69 Å². The molecule has 2 aromatic heterocycles. The van der Waals surface area contributed by atoms with Gasteiger partial charge in [-0.05, 0) is 12.8 Å². The number of nitrogens with zero attached hydrogens (tertiary/aromatic N) is 3. The normalized spacial score (nSPS) is 17.4. The van der Waals surface area contributed by atoms with Crippen LogP contribution in [0.2, 0.25) is 0 Å². The summed E-state index contributed by atoms with van der Waals surface area (Å²) >= 11 is 1.38. The fourth-order valence-electron chi connectivity index (χ4n) is 2.25. The van der Waals surface area contributed by atoms with E-state index >= 15 is 0 Å². The lowest BCUT2D eigenvalue weighted by molar-refractivity contribution is 0.385. The standard InChI is InChI=1S/C11H14N4OS/c12-11-13-8(6-17-11)10-14-9(15-16-10)7-4-2-1-3-5-7/h6-7H,1-5H2,(H2,12,13). The van der Waals surface area contributed by atoms with Gasteiger partial charge in [-0.2, -0.15) is 4.98 Å². The SMILES string of the molecule is Nc1nc(-c2nc(C3CCCCC3)no2)cs1. The average Bonchev–Trinajstić information content (AvgIpc) is 2.98. The van der Waals surface area contributed by atoms with Crippen molar-refractivity contribution < 1.29 is 4.52 Å². The summed E-state index contributed by atoms with van der Waals surface area (Å²) < 4.78 is 5.24. The van der Waals surface area contributed by atoms with Crippen molar-refractivity contribution in [3.63, 3.8) is 0 Å². The quantitative estimate of drug-likeness (QED) is 0.886. The van der Waals surface area contributed by atoms with Gasteiger partial charge in [-0.3, -0.25) is 0 Å². The van der Waals surface area contributed by atoms with E-state index < -0.39 is 0 Å². The summed E-state index contributed by atoms with van der Waals surface area (Å²) in [6, 6.07) is 0. The van der Waals surface area contributed by atoms with Crippen LogP contribution in [-0.2, 0) is 0 Å². The van der Waals surface area contributed by atoms with Crippen LogP contribution in [-0.4, -0.2) is 15.1 Å². The first-order valence-corrected chi connectivity index (χ1v) is 6.76. The van der Waals surface area contributed by atoms with Gasteiger partial charge in [-0.15, -0.1) is 11.3 Å². The van der Waals surface area contributed by atoms with Crippen LogP contribution in [0.25, 0.3) is 11.6 Å². The molecule has 0 aliphatic heterocycles. The molecule has 0 atom stereocenters. The number of rotatable bonds is 2. The zero-order chi connectivity index (χ0) is 11.7. The van der Waals surface area contributed by atoms with Crippen molar-refractivity contribution in [3.05, 3.63) is 11.2 Å². The minimum absolute atomic E-state index is 0.456. The third-order valence-corrected chi connectivity index (χ3v) is 3.83. The van der Waals surface area contributed by atoms with Gasteiger partial charge in [0, 0.05) is 11.3 Å². The molecule has 3 rings (SSSR count). The lowest BCUT2D eigenvalue weighted by Crippen LogP contribution is -2.06. The number of aromatic nitrogens is 3. The Kier molecular flexibility index (Phi) is 2.80. The van der Waals surface area contributed by atoms with E-state index in [9.17, 15) is 0 Å². The van der Waals surface area contributed by atoms with Crippen LogP contribution in [0.5, 0.6) is 0 Å². The summed E-state index contributed by atoms with van der Waals surface area (Å²) in [5.74, 6) is 1.77. The molecular weight excluding hydrogens is 236 g/mol. The molecule has 0 amide bonds. The number of anilines is 1. The second-order valence-electron chi connectivity index (χ2n) is 4.36. The van der Waals surface area contributed by atoms with Crippen molar-refractivity contribution >= 4 is 16.5 Å². The largest absolute Gasteiger partial charge is 0.375 e. The summed E-state index contributed by atoms with van der Waals surface area (Å²) in [5, 5.41) is 6.43. The van der Waals surface area contributed by atoms with E-state index in [1.54, 1.807) is 0 Å². The second-order valence-corrected chi connectivity index (χ2v) is 5.25. The van der Waals surface area contributed by atoms with Gasteiger partial charge in [-0.1, -0.05) is 24.4 Å². The molecule has 5 nitrogen and oxygen atoms in total. The number of nitrogen functional groups attached to an aromatic ring is 1. The monoisotopic (exact) mass is 250 g/mol. The van der Waals surface area contributed by atoms with Gasteiger partial charge in [0.2, 0.25) is 0 Å². The van der Waals surface area contributed by atoms with Crippen LogP contribution in [0.15, 0.2) is 9.90 Å². The maximum atomic E-state index is 5.58. The van der Waals surface area contributed by atoms with Crippen LogP contribution in [0.3, 0.4) is 0 Å². The van der Waals surface area contributed by atoms with Gasteiger partial charge in [0.25, 0.3) is 5.89 Å². The zero-order valence-electron chi connectivity index (χ0n) is 9.43. The fraction of sp³-hybridized carbons (Fsp3) is 0.545. The second kappa shape index (κ2) is 4.44. The van der Waals surface area contributed by atoms with Crippen molar-refractivity contribution in [3.8, 4) is 11.6 Å². The number of nitrogens with two attached hydrogens (primary N) is 1. The molecule has 0 unspecified atom stereocenters. The molecule has 0 spiro atoms. The summed E-state index contributed by atoms with van der Waals surface area (Å²) in [7, 11) is 0. The van der Waals surface area contributed by atoms with Crippen molar-refractivity contribution in [2.45, 2.75) is 38.0 Å². The number of hydrogen-bond acceptors (Lipinski definition) is 6. The number of thiazole rings is 1. The molecule has 2 heterocycles. The van der Waals surface area contributed by atoms with E-state index in [2.05, 4.69) is 15.1 Å². The molecule has 1 saturated carbocycles.